The van der Waals surface area contributed by atoms with Gasteiger partial charge in [0.25, 0.3) is 5.09 Å². The number of ether oxygens (including phenoxy) is 1. The number of aliphatic carboxylic acids is 2. The Kier molecular flexibility index (Phi) is 13.2. The monoisotopic (exact) mass is 487 g/mol. The van der Waals surface area contributed by atoms with Crippen LogP contribution in [0.15, 0.2) is 12.5 Å². The van der Waals surface area contributed by atoms with Crippen molar-refractivity contribution in [3.05, 3.63) is 28.3 Å². The minimum Gasteiger partial charge on any atom is -0.480 e. The number of nitrogens with one attached hydrogen (secondary N) is 3. The van der Waals surface area contributed by atoms with Gasteiger partial charge in [-0.2, -0.15) is 13.2 Å². The third kappa shape index (κ3) is 15.5. The Balaban J connectivity index is 0.00000126. The van der Waals surface area contributed by atoms with E-state index < -0.39 is 41.1 Å². The van der Waals surface area contributed by atoms with Crippen LogP contribution in [0.3, 0.4) is 0 Å². The molecular weight excluding hydrogens is 467 g/mol. The van der Waals surface area contributed by atoms with Gasteiger partial charge in [0.15, 0.2) is 0 Å². The predicted octanol–water partition coefficient (Wildman–Crippen LogP) is -1.11. The molecule has 5 N–H and O–H groups in total. The van der Waals surface area contributed by atoms with E-state index in [9.17, 15) is 37.7 Å². The van der Waals surface area contributed by atoms with E-state index in [1.54, 1.807) is 0 Å². The zero-order chi connectivity index (χ0) is 25.4. The predicted molar refractivity (Wildman–Crippen MR) is 96.9 cm³/mol. The molecule has 15 nitrogen and oxygen atoms in total. The van der Waals surface area contributed by atoms with E-state index in [-0.39, 0.29) is 39.2 Å². The summed E-state index contributed by atoms with van der Waals surface area (Å²) < 4.78 is 36.6. The molecule has 186 valence electrons. The van der Waals surface area contributed by atoms with Gasteiger partial charge in [0, 0.05) is 25.6 Å². The Morgan fingerprint density at radius 2 is 1.85 bits per heavy atom. The molecule has 0 fully saturated rings. The van der Waals surface area contributed by atoms with Crippen LogP contribution in [0.1, 0.15) is 12.1 Å². The summed E-state index contributed by atoms with van der Waals surface area (Å²) in [5, 5.41) is 29.9. The van der Waals surface area contributed by atoms with Crippen LogP contribution in [-0.2, 0) is 35.2 Å². The molecule has 0 bridgehead atoms. The van der Waals surface area contributed by atoms with Gasteiger partial charge in [-0.3, -0.25) is 9.59 Å². The minimum absolute atomic E-state index is 0.0197. The molecule has 0 saturated carbocycles. The summed E-state index contributed by atoms with van der Waals surface area (Å²) in [6.45, 7) is -0.800. The third-order valence-corrected chi connectivity index (χ3v) is 3.18. The fourth-order valence-corrected chi connectivity index (χ4v) is 1.78. The molecule has 1 aromatic heterocycles. The van der Waals surface area contributed by atoms with Crippen LogP contribution in [-0.4, -0.2) is 87.6 Å². The number of halogens is 3. The SMILES string of the molecule is O=C(COCCO[N+](=O)[O-])NCCC(=O)N[C@@H](Cc1c[nH]cn1)C(=O)O.O=C(O)C(F)(F)F. The highest BCUT2D eigenvalue weighted by Crippen LogP contribution is 2.13. The van der Waals surface area contributed by atoms with E-state index in [1.807, 2.05) is 0 Å². The number of hydrogen-bond donors (Lipinski definition) is 5. The van der Waals surface area contributed by atoms with E-state index in [0.29, 0.717) is 5.69 Å². The molecule has 0 saturated heterocycles. The lowest BCUT2D eigenvalue weighted by atomic mass is 10.1. The number of rotatable bonds is 13. The normalized spacial score (nSPS) is 11.4. The minimum atomic E-state index is -5.08. The lowest BCUT2D eigenvalue weighted by Crippen LogP contribution is -2.43. The van der Waals surface area contributed by atoms with E-state index in [0.717, 1.165) is 0 Å². The smallest absolute Gasteiger partial charge is 0.480 e. The van der Waals surface area contributed by atoms with Gasteiger partial charge in [-0.1, -0.05) is 0 Å². The van der Waals surface area contributed by atoms with Crippen molar-refractivity contribution in [3.63, 3.8) is 0 Å². The Hall–Kier alpha value is -3.96. The van der Waals surface area contributed by atoms with Gasteiger partial charge < -0.3 is 35.4 Å². The zero-order valence-electron chi connectivity index (χ0n) is 16.7. The molecule has 0 unspecified atom stereocenters. The number of H-pyrrole nitrogens is 1. The van der Waals surface area contributed by atoms with Crippen LogP contribution in [0.2, 0.25) is 0 Å². The van der Waals surface area contributed by atoms with Gasteiger partial charge in [-0.25, -0.2) is 14.6 Å². The standard InChI is InChI=1S/C13H19N5O8.C2HF3O2/c19-11(17-10(13(21)22)5-9-6-14-8-16-9)1-2-15-12(20)7-25-3-4-26-18(23)24;3-2(4,5)1(6)7/h6,8,10H,1-5,7H2,(H,14,16)(H,15,20)(H,17,19)(H,21,22);(H,6,7)/t10-;/m0./s1. The number of carbonyl (C=O) groups is 4. The average Bonchev–Trinajstić information content (AvgIpc) is 3.19. The van der Waals surface area contributed by atoms with Gasteiger partial charge in [-0.15, -0.1) is 10.1 Å². The number of hydrogen-bond acceptors (Lipinski definition) is 9. The second kappa shape index (κ2) is 14.9. The molecule has 0 spiro atoms. The van der Waals surface area contributed by atoms with Crippen LogP contribution in [0, 0.1) is 10.1 Å². The van der Waals surface area contributed by atoms with Crippen molar-refractivity contribution < 1.29 is 57.2 Å². The molecule has 1 aromatic rings. The Morgan fingerprint density at radius 3 is 2.33 bits per heavy atom. The Labute approximate surface area is 182 Å². The topological polar surface area (TPSA) is 223 Å². The average molecular weight is 487 g/mol. The number of carbonyl (C=O) groups excluding carboxylic acids is 2. The van der Waals surface area contributed by atoms with Gasteiger partial charge >= 0.3 is 18.1 Å². The quantitative estimate of drug-likeness (QED) is 0.127. The van der Waals surface area contributed by atoms with Crippen molar-refractivity contribution in [1.82, 2.24) is 20.6 Å². The summed E-state index contributed by atoms with van der Waals surface area (Å²) in [6.07, 6.45) is -2.26. The number of nitrogens with zero attached hydrogens (tertiary/aromatic N) is 2. The molecule has 0 radical (unpaired) electrons. The van der Waals surface area contributed by atoms with Crippen LogP contribution in [0.4, 0.5) is 13.2 Å². The first-order chi connectivity index (χ1) is 15.3. The maximum Gasteiger partial charge on any atom is 0.490 e. The fraction of sp³-hybridized carbons (Fsp3) is 0.533. The molecule has 1 rings (SSSR count). The second-order valence-electron chi connectivity index (χ2n) is 5.74. The van der Waals surface area contributed by atoms with Crippen LogP contribution >= 0.6 is 0 Å². The third-order valence-electron chi connectivity index (χ3n) is 3.18. The van der Waals surface area contributed by atoms with E-state index in [1.165, 1.54) is 12.5 Å². The molecule has 1 heterocycles. The summed E-state index contributed by atoms with van der Waals surface area (Å²) in [6, 6.07) is -1.13. The highest BCUT2D eigenvalue weighted by Gasteiger charge is 2.38. The summed E-state index contributed by atoms with van der Waals surface area (Å²) in [5.74, 6) is -5.03. The van der Waals surface area contributed by atoms with Crippen molar-refractivity contribution in [1.29, 1.82) is 0 Å². The van der Waals surface area contributed by atoms with Crippen LogP contribution in [0.25, 0.3) is 0 Å². The Bertz CT molecular complexity index is 788. The van der Waals surface area contributed by atoms with E-state index in [2.05, 4.69) is 25.4 Å². The summed E-state index contributed by atoms with van der Waals surface area (Å²) >= 11 is 0. The molecular formula is C15H20F3N5O10. The lowest BCUT2D eigenvalue weighted by molar-refractivity contribution is -0.758. The number of carboxylic acid groups (broad SMARTS) is 2. The Morgan fingerprint density at radius 1 is 1.21 bits per heavy atom. The molecule has 0 aromatic carbocycles. The molecule has 0 aliphatic carbocycles. The van der Waals surface area contributed by atoms with E-state index in [4.69, 9.17) is 19.7 Å². The van der Waals surface area contributed by atoms with Gasteiger partial charge in [-0.05, 0) is 0 Å². The van der Waals surface area contributed by atoms with Gasteiger partial charge in [0.1, 0.15) is 19.3 Å². The maximum absolute atomic E-state index is 11.8. The summed E-state index contributed by atoms with van der Waals surface area (Å²) in [4.78, 5) is 63.7. The number of aromatic nitrogens is 2. The first-order valence-corrected chi connectivity index (χ1v) is 8.74. The number of amides is 2. The molecule has 0 aliphatic rings. The van der Waals surface area contributed by atoms with Crippen molar-refractivity contribution in [2.75, 3.05) is 26.4 Å². The molecule has 2 amide bonds. The van der Waals surface area contributed by atoms with E-state index >= 15 is 0 Å². The zero-order valence-corrected chi connectivity index (χ0v) is 16.7. The summed E-state index contributed by atoms with van der Waals surface area (Å²) in [7, 11) is 0. The fourth-order valence-electron chi connectivity index (χ4n) is 1.78. The van der Waals surface area contributed by atoms with Gasteiger partial charge in [0.2, 0.25) is 11.8 Å². The summed E-state index contributed by atoms with van der Waals surface area (Å²) in [5.41, 5.74) is 0.490. The second-order valence-corrected chi connectivity index (χ2v) is 5.74. The molecule has 33 heavy (non-hydrogen) atoms. The van der Waals surface area contributed by atoms with Crippen LogP contribution < -0.4 is 10.6 Å². The number of imidazole rings is 1. The van der Waals surface area contributed by atoms with Crippen molar-refractivity contribution in [2.45, 2.75) is 25.1 Å². The molecule has 18 heteroatoms. The highest BCUT2D eigenvalue weighted by molar-refractivity contribution is 5.84. The first-order valence-electron chi connectivity index (χ1n) is 8.74. The van der Waals surface area contributed by atoms with Crippen molar-refractivity contribution in [2.24, 2.45) is 0 Å². The van der Waals surface area contributed by atoms with Crippen LogP contribution in [0.5, 0.6) is 0 Å². The lowest BCUT2D eigenvalue weighted by Gasteiger charge is -2.13. The number of alkyl halides is 3. The van der Waals surface area contributed by atoms with Gasteiger partial charge in [0.05, 0.1) is 18.6 Å². The molecule has 1 atom stereocenters. The first kappa shape index (κ1) is 29.0. The van der Waals surface area contributed by atoms with Crippen molar-refractivity contribution >= 4 is 23.8 Å². The number of aromatic amines is 1. The largest absolute Gasteiger partial charge is 0.490 e. The highest BCUT2D eigenvalue weighted by atomic mass is 19.4. The molecule has 0 aliphatic heterocycles. The maximum atomic E-state index is 11.8. The number of carboxylic acids is 2. The van der Waals surface area contributed by atoms with Crippen molar-refractivity contribution in [3.8, 4) is 0 Å².